The van der Waals surface area contributed by atoms with Crippen LogP contribution in [0.1, 0.15) is 12.5 Å². The predicted molar refractivity (Wildman–Crippen MR) is 125 cm³/mol. The van der Waals surface area contributed by atoms with Crippen LogP contribution in [0.25, 0.3) is 22.6 Å². The summed E-state index contributed by atoms with van der Waals surface area (Å²) in [6.07, 6.45) is 2.59. The molecule has 1 saturated heterocycles. The Hall–Kier alpha value is -3.58. The van der Waals surface area contributed by atoms with Crippen LogP contribution in [0.5, 0.6) is 5.75 Å². The molecule has 32 heavy (non-hydrogen) atoms. The Kier molecular flexibility index (Phi) is 5.41. The molecule has 1 aliphatic heterocycles. The summed E-state index contributed by atoms with van der Waals surface area (Å²) in [5.41, 5.74) is 3.31. The van der Waals surface area contributed by atoms with Gasteiger partial charge in [0, 0.05) is 35.6 Å². The first kappa shape index (κ1) is 20.3. The predicted octanol–water partition coefficient (Wildman–Crippen LogP) is 5.24. The third-order valence-corrected chi connectivity index (χ3v) is 5.92. The Labute approximate surface area is 190 Å². The van der Waals surface area contributed by atoms with Crippen molar-refractivity contribution in [2.24, 2.45) is 0 Å². The first-order valence-electron chi connectivity index (χ1n) is 10.4. The molecule has 1 N–H and O–H groups in total. The van der Waals surface area contributed by atoms with Gasteiger partial charge in [-0.2, -0.15) is 0 Å². The number of carbonyl (C=O) groups is 1. The number of amides is 2. The van der Waals surface area contributed by atoms with E-state index in [9.17, 15) is 4.79 Å². The van der Waals surface area contributed by atoms with Crippen LogP contribution in [0, 0.1) is 0 Å². The minimum Gasteiger partial charge on any atom is -0.497 e. The second-order valence-electron chi connectivity index (χ2n) is 7.71. The van der Waals surface area contributed by atoms with Crippen molar-refractivity contribution in [3.8, 4) is 17.1 Å². The van der Waals surface area contributed by atoms with Crippen LogP contribution in [0.3, 0.4) is 0 Å². The van der Waals surface area contributed by atoms with Crippen molar-refractivity contribution in [2.45, 2.75) is 12.5 Å². The molecule has 5 rings (SSSR count). The largest absolute Gasteiger partial charge is 0.497 e. The highest BCUT2D eigenvalue weighted by Gasteiger charge is 2.31. The van der Waals surface area contributed by atoms with Gasteiger partial charge < -0.3 is 19.5 Å². The SMILES string of the molecule is COc1ccc(-c2nc3cccnc3n2[C@@H]2CCN(C(=O)Nc3cccc(Cl)c3)C2)cc1. The highest BCUT2D eigenvalue weighted by atomic mass is 35.5. The highest BCUT2D eigenvalue weighted by molar-refractivity contribution is 6.30. The summed E-state index contributed by atoms with van der Waals surface area (Å²) in [6.45, 7) is 1.21. The highest BCUT2D eigenvalue weighted by Crippen LogP contribution is 2.33. The fourth-order valence-corrected chi connectivity index (χ4v) is 4.32. The molecule has 162 valence electrons. The minimum atomic E-state index is -0.141. The van der Waals surface area contributed by atoms with E-state index in [0.29, 0.717) is 23.8 Å². The van der Waals surface area contributed by atoms with Gasteiger partial charge in [0.15, 0.2) is 5.65 Å². The number of anilines is 1. The van der Waals surface area contributed by atoms with Gasteiger partial charge in [-0.1, -0.05) is 17.7 Å². The first-order chi connectivity index (χ1) is 15.6. The lowest BCUT2D eigenvalue weighted by atomic mass is 10.2. The van der Waals surface area contributed by atoms with Crippen LogP contribution < -0.4 is 10.1 Å². The van der Waals surface area contributed by atoms with E-state index in [1.165, 1.54) is 0 Å². The molecule has 1 atom stereocenters. The van der Waals surface area contributed by atoms with E-state index in [0.717, 1.165) is 34.7 Å². The van der Waals surface area contributed by atoms with E-state index < -0.39 is 0 Å². The van der Waals surface area contributed by atoms with Crippen molar-refractivity contribution < 1.29 is 9.53 Å². The lowest BCUT2D eigenvalue weighted by molar-refractivity contribution is 0.221. The summed E-state index contributed by atoms with van der Waals surface area (Å²) in [6, 6.07) is 18.8. The van der Waals surface area contributed by atoms with Crippen molar-refractivity contribution in [2.75, 3.05) is 25.5 Å². The van der Waals surface area contributed by atoms with Gasteiger partial charge in [-0.15, -0.1) is 0 Å². The Balaban J connectivity index is 1.43. The van der Waals surface area contributed by atoms with Gasteiger partial charge >= 0.3 is 6.03 Å². The number of urea groups is 1. The molecule has 0 bridgehead atoms. The summed E-state index contributed by atoms with van der Waals surface area (Å²) >= 11 is 6.04. The summed E-state index contributed by atoms with van der Waals surface area (Å²) in [5, 5.41) is 3.52. The third kappa shape index (κ3) is 3.87. The molecule has 1 aliphatic rings. The van der Waals surface area contributed by atoms with Crippen molar-refractivity contribution in [3.05, 3.63) is 71.9 Å². The molecule has 0 aliphatic carbocycles. The maximum absolute atomic E-state index is 12.8. The topological polar surface area (TPSA) is 72.3 Å². The van der Waals surface area contributed by atoms with Crippen LogP contribution >= 0.6 is 11.6 Å². The number of methoxy groups -OCH3 is 1. The molecule has 0 saturated carbocycles. The van der Waals surface area contributed by atoms with Crippen LogP contribution in [0.2, 0.25) is 5.02 Å². The Bertz CT molecular complexity index is 1270. The molecule has 0 unspecified atom stereocenters. The average Bonchev–Trinajstić information content (AvgIpc) is 3.44. The first-order valence-corrected chi connectivity index (χ1v) is 10.8. The van der Waals surface area contributed by atoms with E-state index in [1.807, 2.05) is 53.4 Å². The molecule has 2 aromatic heterocycles. The van der Waals surface area contributed by atoms with E-state index >= 15 is 0 Å². The van der Waals surface area contributed by atoms with Crippen LogP contribution in [-0.2, 0) is 0 Å². The number of nitrogens with one attached hydrogen (secondary N) is 1. The van der Waals surface area contributed by atoms with E-state index in [-0.39, 0.29) is 12.1 Å². The van der Waals surface area contributed by atoms with Gasteiger partial charge in [0.05, 0.1) is 13.2 Å². The maximum atomic E-state index is 12.8. The van der Waals surface area contributed by atoms with Crippen LogP contribution in [-0.4, -0.2) is 45.7 Å². The summed E-state index contributed by atoms with van der Waals surface area (Å²) in [5.74, 6) is 1.63. The number of hydrogen-bond donors (Lipinski definition) is 1. The zero-order valence-electron chi connectivity index (χ0n) is 17.5. The zero-order chi connectivity index (χ0) is 22.1. The summed E-state index contributed by atoms with van der Waals surface area (Å²) < 4.78 is 7.45. The van der Waals surface area contributed by atoms with Gasteiger partial charge in [-0.3, -0.25) is 0 Å². The van der Waals surface area contributed by atoms with Crippen molar-refractivity contribution in [1.29, 1.82) is 0 Å². The molecular weight excluding hydrogens is 426 g/mol. The number of benzene rings is 2. The number of halogens is 1. The number of carbonyl (C=O) groups excluding carboxylic acids is 1. The number of imidazole rings is 1. The van der Waals surface area contributed by atoms with Gasteiger partial charge in [-0.25, -0.2) is 14.8 Å². The third-order valence-electron chi connectivity index (χ3n) is 5.69. The van der Waals surface area contributed by atoms with Gasteiger partial charge in [-0.05, 0) is 61.0 Å². The lowest BCUT2D eigenvalue weighted by Gasteiger charge is -2.19. The number of aromatic nitrogens is 3. The Morgan fingerprint density at radius 1 is 1.16 bits per heavy atom. The quantitative estimate of drug-likeness (QED) is 0.464. The Morgan fingerprint density at radius 3 is 2.78 bits per heavy atom. The second kappa shape index (κ2) is 8.51. The molecule has 2 aromatic carbocycles. The van der Waals surface area contributed by atoms with Gasteiger partial charge in [0.25, 0.3) is 0 Å². The van der Waals surface area contributed by atoms with Crippen molar-refractivity contribution in [3.63, 3.8) is 0 Å². The smallest absolute Gasteiger partial charge is 0.321 e. The van der Waals surface area contributed by atoms with Crippen molar-refractivity contribution >= 4 is 34.5 Å². The molecule has 1 fully saturated rings. The second-order valence-corrected chi connectivity index (χ2v) is 8.15. The number of pyridine rings is 1. The summed E-state index contributed by atoms with van der Waals surface area (Å²) in [7, 11) is 1.65. The van der Waals surface area contributed by atoms with Gasteiger partial charge in [0.2, 0.25) is 0 Å². The molecular formula is C24H22ClN5O2. The Morgan fingerprint density at radius 2 is 2.00 bits per heavy atom. The number of likely N-dealkylation sites (tertiary alicyclic amines) is 1. The molecule has 2 amide bonds. The number of rotatable bonds is 4. The standard InChI is InChI=1S/C24H22ClN5O2/c1-32-20-9-7-16(8-10-20)22-28-21-6-3-12-26-23(21)30(22)19-11-13-29(15-19)24(31)27-18-5-2-4-17(25)14-18/h2-10,12,14,19H,11,13,15H2,1H3,(H,27,31)/t19-/m1/s1. The van der Waals surface area contributed by atoms with E-state index in [4.69, 9.17) is 21.3 Å². The number of hydrogen-bond acceptors (Lipinski definition) is 4. The van der Waals surface area contributed by atoms with E-state index in [1.54, 1.807) is 25.4 Å². The average molecular weight is 448 g/mol. The molecule has 0 spiro atoms. The van der Waals surface area contributed by atoms with Crippen LogP contribution in [0.15, 0.2) is 66.9 Å². The molecule has 0 radical (unpaired) electrons. The fraction of sp³-hybridized carbons (Fsp3) is 0.208. The summed E-state index contributed by atoms with van der Waals surface area (Å²) in [4.78, 5) is 24.1. The number of nitrogens with zero attached hydrogens (tertiary/aromatic N) is 4. The monoisotopic (exact) mass is 447 g/mol. The molecule has 7 nitrogen and oxygen atoms in total. The van der Waals surface area contributed by atoms with Crippen molar-refractivity contribution in [1.82, 2.24) is 19.4 Å². The number of ether oxygens (including phenoxy) is 1. The normalized spacial score (nSPS) is 15.8. The zero-order valence-corrected chi connectivity index (χ0v) is 18.3. The molecule has 8 heteroatoms. The number of fused-ring (bicyclic) bond motifs is 1. The van der Waals surface area contributed by atoms with Crippen LogP contribution in [0.4, 0.5) is 10.5 Å². The maximum Gasteiger partial charge on any atom is 0.321 e. The van der Waals surface area contributed by atoms with E-state index in [2.05, 4.69) is 14.9 Å². The fourth-order valence-electron chi connectivity index (χ4n) is 4.13. The lowest BCUT2D eigenvalue weighted by Crippen LogP contribution is -2.33. The minimum absolute atomic E-state index is 0.0668. The molecule has 4 aromatic rings. The van der Waals surface area contributed by atoms with Gasteiger partial charge in [0.1, 0.15) is 17.1 Å². The molecule has 3 heterocycles.